The molecule has 12 nitrogen and oxygen atoms in total. The van der Waals surface area contributed by atoms with E-state index in [4.69, 9.17) is 16.6 Å². The number of aryl methyl sites for hydroxylation is 2. The van der Waals surface area contributed by atoms with Crippen LogP contribution in [0.15, 0.2) is 59.9 Å². The van der Waals surface area contributed by atoms with Crippen LogP contribution in [0.1, 0.15) is 104 Å². The summed E-state index contributed by atoms with van der Waals surface area (Å²) in [4.78, 5) is 57.4. The SMILES string of the molecule is Cc1c(C#Cc2cnn(CCCC#Cc3cccc4c3C(=O)N(C3CCC(=O)NC3=O)C4=O)c2)sc2c1C(c1ccc(Cl)cc1)=N[C@@H](C)c1nnc(C)n1-2. The van der Waals surface area contributed by atoms with Crippen LogP contribution < -0.4 is 5.32 Å². The average Bonchev–Trinajstić information content (AvgIpc) is 3.89. The van der Waals surface area contributed by atoms with Gasteiger partial charge in [-0.05, 0) is 63.4 Å². The molecule has 2 aromatic carbocycles. The molecule has 5 aromatic rings. The number of aromatic nitrogens is 5. The lowest BCUT2D eigenvalue weighted by Crippen LogP contribution is -2.54. The standard InChI is InChI=1S/C40H31ClN8O4S/c1-22-31(54-40-33(22)35(27-12-14-28(41)15-13-27)43-23(2)36-46-45-24(3)48(36)40)17-11-25-20-42-47(21-25)19-6-4-5-8-26-9-7-10-29-34(26)39(53)49(38(29)52)30-16-18-32(50)44-37(30)51/h7,9-10,12-15,20-21,23,30H,4,6,16,18-19H2,1-3H3,(H,44,50,51)/t23-,30?/m0/s1. The van der Waals surface area contributed by atoms with E-state index in [0.717, 1.165) is 54.4 Å². The van der Waals surface area contributed by atoms with Crippen molar-refractivity contribution in [3.63, 3.8) is 0 Å². The number of nitrogens with one attached hydrogen (secondary N) is 1. The van der Waals surface area contributed by atoms with E-state index in [-0.39, 0.29) is 30.0 Å². The Morgan fingerprint density at radius 1 is 0.981 bits per heavy atom. The molecule has 0 bridgehead atoms. The molecule has 3 aromatic heterocycles. The monoisotopic (exact) mass is 754 g/mol. The maximum Gasteiger partial charge on any atom is 0.263 e. The first kappa shape index (κ1) is 34.9. The quantitative estimate of drug-likeness (QED) is 0.145. The first-order chi connectivity index (χ1) is 26.1. The number of rotatable bonds is 5. The lowest BCUT2D eigenvalue weighted by atomic mass is 9.99. The number of piperidine rings is 1. The van der Waals surface area contributed by atoms with Gasteiger partial charge in [0.15, 0.2) is 5.82 Å². The highest BCUT2D eigenvalue weighted by Gasteiger charge is 2.45. The smallest absolute Gasteiger partial charge is 0.263 e. The van der Waals surface area contributed by atoms with E-state index in [1.807, 2.05) is 49.0 Å². The Balaban J connectivity index is 0.961. The fourth-order valence-corrected chi connectivity index (χ4v) is 8.23. The van der Waals surface area contributed by atoms with Crippen LogP contribution in [-0.4, -0.2) is 64.8 Å². The minimum atomic E-state index is -1.03. The summed E-state index contributed by atoms with van der Waals surface area (Å²) in [5, 5.41) is 17.2. The molecular weight excluding hydrogens is 724 g/mol. The van der Waals surface area contributed by atoms with Crippen LogP contribution >= 0.6 is 22.9 Å². The third kappa shape index (κ3) is 6.21. The largest absolute Gasteiger partial charge is 0.295 e. The van der Waals surface area contributed by atoms with Gasteiger partial charge in [-0.2, -0.15) is 5.10 Å². The highest BCUT2D eigenvalue weighted by molar-refractivity contribution is 7.15. The molecule has 268 valence electrons. The van der Waals surface area contributed by atoms with Crippen molar-refractivity contribution in [1.29, 1.82) is 0 Å². The molecule has 6 heterocycles. The Labute approximate surface area is 319 Å². The molecule has 0 aliphatic carbocycles. The summed E-state index contributed by atoms with van der Waals surface area (Å²) in [6.45, 7) is 6.63. The van der Waals surface area contributed by atoms with Crippen LogP contribution in [-0.2, 0) is 16.1 Å². The molecular formula is C40H31ClN8O4S. The first-order valence-corrected chi connectivity index (χ1v) is 18.6. The summed E-state index contributed by atoms with van der Waals surface area (Å²) in [7, 11) is 0. The Hall–Kier alpha value is -6.15. The maximum absolute atomic E-state index is 13.3. The van der Waals surface area contributed by atoms with E-state index >= 15 is 0 Å². The Morgan fingerprint density at radius 2 is 1.80 bits per heavy atom. The number of hydrogen-bond acceptors (Lipinski definition) is 9. The number of halogens is 1. The maximum atomic E-state index is 13.3. The number of aliphatic imine (C=N–C) groups is 1. The zero-order valence-electron chi connectivity index (χ0n) is 29.4. The molecule has 1 fully saturated rings. The van der Waals surface area contributed by atoms with Crippen molar-refractivity contribution < 1.29 is 19.2 Å². The van der Waals surface area contributed by atoms with Crippen LogP contribution in [0.2, 0.25) is 5.02 Å². The second-order valence-corrected chi connectivity index (χ2v) is 14.6. The summed E-state index contributed by atoms with van der Waals surface area (Å²) in [6.07, 6.45) is 5.00. The minimum Gasteiger partial charge on any atom is -0.295 e. The van der Waals surface area contributed by atoms with Gasteiger partial charge in [0.1, 0.15) is 22.9 Å². The normalized spacial score (nSPS) is 17.4. The van der Waals surface area contributed by atoms with Gasteiger partial charge in [0.25, 0.3) is 11.8 Å². The second-order valence-electron chi connectivity index (χ2n) is 13.2. The Kier molecular flexibility index (Phi) is 9.06. The predicted molar refractivity (Wildman–Crippen MR) is 202 cm³/mol. The third-order valence-corrected chi connectivity index (χ3v) is 11.0. The number of carbonyl (C=O) groups is 4. The van der Waals surface area contributed by atoms with Gasteiger partial charge >= 0.3 is 0 Å². The fourth-order valence-electron chi connectivity index (χ4n) is 6.88. The number of amides is 4. The molecule has 1 unspecified atom stereocenters. The molecule has 3 aliphatic heterocycles. The molecule has 2 atom stereocenters. The number of nitrogens with zero attached hydrogens (tertiary/aromatic N) is 7. The van der Waals surface area contributed by atoms with E-state index in [0.29, 0.717) is 30.0 Å². The summed E-state index contributed by atoms with van der Waals surface area (Å²) >= 11 is 7.80. The molecule has 1 N–H and O–H groups in total. The van der Waals surface area contributed by atoms with Gasteiger partial charge < -0.3 is 0 Å². The van der Waals surface area contributed by atoms with E-state index in [2.05, 4.69) is 55.8 Å². The zero-order chi connectivity index (χ0) is 37.7. The Bertz CT molecular complexity index is 2580. The number of benzene rings is 2. The number of carbonyl (C=O) groups excluding carboxylic acids is 4. The van der Waals surface area contributed by atoms with Gasteiger partial charge in [0, 0.05) is 47.3 Å². The van der Waals surface area contributed by atoms with Crippen molar-refractivity contribution in [2.45, 2.75) is 65.1 Å². The predicted octanol–water partition coefficient (Wildman–Crippen LogP) is 5.34. The van der Waals surface area contributed by atoms with Crippen LogP contribution in [0, 0.1) is 37.5 Å². The Morgan fingerprint density at radius 3 is 2.59 bits per heavy atom. The van der Waals surface area contributed by atoms with Gasteiger partial charge in [0.05, 0.1) is 33.5 Å². The zero-order valence-corrected chi connectivity index (χ0v) is 31.0. The molecule has 4 amide bonds. The van der Waals surface area contributed by atoms with Crippen molar-refractivity contribution >= 4 is 52.3 Å². The van der Waals surface area contributed by atoms with Crippen molar-refractivity contribution in [3.05, 3.63) is 115 Å². The number of fused-ring (bicyclic) bond motifs is 4. The highest BCUT2D eigenvalue weighted by atomic mass is 35.5. The van der Waals surface area contributed by atoms with E-state index in [1.54, 1.807) is 35.7 Å². The van der Waals surface area contributed by atoms with Crippen molar-refractivity contribution in [2.24, 2.45) is 4.99 Å². The average molecular weight is 755 g/mol. The lowest BCUT2D eigenvalue weighted by molar-refractivity contribution is -0.136. The molecule has 1 saturated heterocycles. The fraction of sp³-hybridized carbons (Fsp3) is 0.250. The first-order valence-electron chi connectivity index (χ1n) is 17.4. The molecule has 14 heteroatoms. The summed E-state index contributed by atoms with van der Waals surface area (Å²) in [6, 6.07) is 11.4. The van der Waals surface area contributed by atoms with Crippen LogP contribution in [0.25, 0.3) is 5.00 Å². The summed E-state index contributed by atoms with van der Waals surface area (Å²) in [5.74, 6) is 12.2. The topological polar surface area (TPSA) is 144 Å². The van der Waals surface area contributed by atoms with E-state index in [1.165, 1.54) is 0 Å². The van der Waals surface area contributed by atoms with Crippen molar-refractivity contribution in [3.8, 4) is 28.7 Å². The van der Waals surface area contributed by atoms with E-state index < -0.39 is 29.7 Å². The molecule has 0 radical (unpaired) electrons. The summed E-state index contributed by atoms with van der Waals surface area (Å²) in [5.41, 5.74) is 5.44. The van der Waals surface area contributed by atoms with Crippen LogP contribution in [0.5, 0.6) is 0 Å². The van der Waals surface area contributed by atoms with Gasteiger partial charge in [0.2, 0.25) is 11.8 Å². The molecule has 54 heavy (non-hydrogen) atoms. The van der Waals surface area contributed by atoms with Crippen LogP contribution in [0.3, 0.4) is 0 Å². The number of unbranched alkanes of at least 4 members (excludes halogenated alkanes) is 1. The van der Waals surface area contributed by atoms with Gasteiger partial charge in [-0.15, -0.1) is 21.5 Å². The second kappa shape index (κ2) is 14.0. The molecule has 0 saturated carbocycles. The number of imide groups is 2. The van der Waals surface area contributed by atoms with Crippen molar-refractivity contribution in [2.75, 3.05) is 0 Å². The van der Waals surface area contributed by atoms with Gasteiger partial charge in [-0.1, -0.05) is 53.5 Å². The molecule has 8 rings (SSSR count). The molecule has 3 aliphatic rings. The van der Waals surface area contributed by atoms with Crippen LogP contribution in [0.4, 0.5) is 0 Å². The third-order valence-electron chi connectivity index (χ3n) is 9.57. The minimum absolute atomic E-state index is 0.0596. The number of thiophene rings is 1. The lowest BCUT2D eigenvalue weighted by Gasteiger charge is -2.27. The number of hydrogen-bond donors (Lipinski definition) is 1. The molecule has 0 spiro atoms. The van der Waals surface area contributed by atoms with Gasteiger partial charge in [-0.3, -0.25) is 43.6 Å². The summed E-state index contributed by atoms with van der Waals surface area (Å²) < 4.78 is 3.90. The van der Waals surface area contributed by atoms with Gasteiger partial charge in [-0.25, -0.2) is 0 Å². The van der Waals surface area contributed by atoms with E-state index in [9.17, 15) is 19.2 Å². The highest BCUT2D eigenvalue weighted by Crippen LogP contribution is 2.39. The van der Waals surface area contributed by atoms with Crippen molar-refractivity contribution in [1.82, 2.24) is 34.8 Å².